The summed E-state index contributed by atoms with van der Waals surface area (Å²) in [5, 5.41) is 14.1. The van der Waals surface area contributed by atoms with Crippen LogP contribution in [-0.4, -0.2) is 68.6 Å². The van der Waals surface area contributed by atoms with Gasteiger partial charge in [0.2, 0.25) is 5.91 Å². The molecule has 8 nitrogen and oxygen atoms in total. The Morgan fingerprint density at radius 1 is 1.48 bits per heavy atom. The summed E-state index contributed by atoms with van der Waals surface area (Å²) in [7, 11) is 0. The number of amides is 2. The van der Waals surface area contributed by atoms with Gasteiger partial charge in [0.1, 0.15) is 11.1 Å². The van der Waals surface area contributed by atoms with Crippen LogP contribution < -0.4 is 0 Å². The molecule has 0 aliphatic carbocycles. The summed E-state index contributed by atoms with van der Waals surface area (Å²) in [6.07, 6.45) is 1.58. The topological polar surface area (TPSA) is 95.7 Å². The van der Waals surface area contributed by atoms with Crippen molar-refractivity contribution in [3.63, 3.8) is 0 Å². The van der Waals surface area contributed by atoms with Crippen LogP contribution in [0.3, 0.4) is 0 Å². The minimum Gasteiger partial charge on any atom is -0.481 e. The van der Waals surface area contributed by atoms with Gasteiger partial charge in [-0.2, -0.15) is 5.10 Å². The fraction of sp³-hybridized carbons (Fsp3) is 0.529. The first-order chi connectivity index (χ1) is 11.8. The Bertz CT molecular complexity index is 756. The maximum absolute atomic E-state index is 12.9. The summed E-state index contributed by atoms with van der Waals surface area (Å²) >= 11 is 0. The predicted molar refractivity (Wildman–Crippen MR) is 88.9 cm³/mol. The van der Waals surface area contributed by atoms with Crippen LogP contribution in [0.1, 0.15) is 23.1 Å². The van der Waals surface area contributed by atoms with Crippen LogP contribution in [-0.2, 0) is 16.1 Å². The van der Waals surface area contributed by atoms with E-state index >= 15 is 0 Å². The predicted octanol–water partition coefficient (Wildman–Crippen LogP) is 0.383. The molecule has 2 saturated heterocycles. The molecule has 8 heteroatoms. The van der Waals surface area contributed by atoms with Gasteiger partial charge in [-0.1, -0.05) is 6.08 Å². The van der Waals surface area contributed by atoms with Crippen LogP contribution in [0.2, 0.25) is 0 Å². The molecule has 2 atom stereocenters. The van der Waals surface area contributed by atoms with Crippen molar-refractivity contribution >= 4 is 17.8 Å². The van der Waals surface area contributed by atoms with E-state index < -0.39 is 17.3 Å². The number of nitrogens with zero attached hydrogens (tertiary/aromatic N) is 4. The van der Waals surface area contributed by atoms with E-state index in [0.717, 1.165) is 5.69 Å². The highest BCUT2D eigenvalue weighted by atomic mass is 16.4. The van der Waals surface area contributed by atoms with Gasteiger partial charge in [0.15, 0.2) is 0 Å². The van der Waals surface area contributed by atoms with Gasteiger partial charge in [-0.25, -0.2) is 0 Å². The van der Waals surface area contributed by atoms with Crippen molar-refractivity contribution in [2.75, 3.05) is 26.2 Å². The van der Waals surface area contributed by atoms with Gasteiger partial charge in [0.25, 0.3) is 5.91 Å². The van der Waals surface area contributed by atoms with Crippen LogP contribution in [0, 0.1) is 18.3 Å². The molecule has 0 radical (unpaired) electrons. The third-order valence-electron chi connectivity index (χ3n) is 5.11. The molecular weight excluding hydrogens is 324 g/mol. The maximum atomic E-state index is 12.9. The first kappa shape index (κ1) is 17.2. The molecule has 2 aliphatic heterocycles. The molecule has 2 amide bonds. The summed E-state index contributed by atoms with van der Waals surface area (Å²) in [5.41, 5.74) is -0.0938. The van der Waals surface area contributed by atoms with Crippen molar-refractivity contribution in [2.45, 2.75) is 20.4 Å². The van der Waals surface area contributed by atoms with E-state index in [2.05, 4.69) is 11.7 Å². The Morgan fingerprint density at radius 3 is 2.76 bits per heavy atom. The van der Waals surface area contributed by atoms with E-state index in [-0.39, 0.29) is 31.4 Å². The molecule has 2 aliphatic rings. The summed E-state index contributed by atoms with van der Waals surface area (Å²) in [4.78, 5) is 40.4. The quantitative estimate of drug-likeness (QED) is 0.778. The highest BCUT2D eigenvalue weighted by Gasteiger charge is 2.62. The fourth-order valence-electron chi connectivity index (χ4n) is 3.89. The van der Waals surface area contributed by atoms with E-state index in [4.69, 9.17) is 0 Å². The van der Waals surface area contributed by atoms with Crippen molar-refractivity contribution in [3.05, 3.63) is 30.1 Å². The third kappa shape index (κ3) is 2.52. The Balaban J connectivity index is 1.89. The van der Waals surface area contributed by atoms with Crippen molar-refractivity contribution in [1.82, 2.24) is 19.6 Å². The standard InChI is InChI=1S/C17H22N4O4/c1-4-6-19-9-17(16(24)25)10-20(8-12(17)14(19)22)15(23)13-7-11(3)18-21(13)5-2/h4,7,12H,1,5-6,8-10H2,2-3H3,(H,24,25)/t12-,17+/m0/s1. The Hall–Kier alpha value is -2.64. The van der Waals surface area contributed by atoms with E-state index in [1.807, 2.05) is 6.92 Å². The zero-order valence-corrected chi connectivity index (χ0v) is 14.4. The summed E-state index contributed by atoms with van der Waals surface area (Å²) in [5.74, 6) is -2.25. The molecule has 25 heavy (non-hydrogen) atoms. The van der Waals surface area contributed by atoms with E-state index in [0.29, 0.717) is 18.8 Å². The number of likely N-dealkylation sites (tertiary alicyclic amines) is 2. The lowest BCUT2D eigenvalue weighted by Gasteiger charge is -2.24. The first-order valence-corrected chi connectivity index (χ1v) is 8.31. The van der Waals surface area contributed by atoms with Crippen LogP contribution >= 0.6 is 0 Å². The van der Waals surface area contributed by atoms with E-state index in [9.17, 15) is 19.5 Å². The van der Waals surface area contributed by atoms with Gasteiger partial charge < -0.3 is 14.9 Å². The number of rotatable bonds is 5. The molecule has 0 saturated carbocycles. The molecule has 134 valence electrons. The average Bonchev–Trinajstić information content (AvgIpc) is 3.20. The lowest BCUT2D eigenvalue weighted by Crippen LogP contribution is -2.42. The van der Waals surface area contributed by atoms with Crippen molar-refractivity contribution in [1.29, 1.82) is 0 Å². The molecule has 1 aromatic rings. The second-order valence-corrected chi connectivity index (χ2v) is 6.69. The van der Waals surface area contributed by atoms with Crippen molar-refractivity contribution in [3.8, 4) is 0 Å². The zero-order valence-electron chi connectivity index (χ0n) is 14.4. The summed E-state index contributed by atoms with van der Waals surface area (Å²) < 4.78 is 1.60. The third-order valence-corrected chi connectivity index (χ3v) is 5.11. The van der Waals surface area contributed by atoms with Crippen molar-refractivity contribution in [2.24, 2.45) is 11.3 Å². The van der Waals surface area contributed by atoms with Gasteiger partial charge in [0.05, 0.1) is 11.6 Å². The van der Waals surface area contributed by atoms with E-state index in [1.54, 1.807) is 23.7 Å². The van der Waals surface area contributed by atoms with Gasteiger partial charge >= 0.3 is 5.97 Å². The molecule has 0 spiro atoms. The van der Waals surface area contributed by atoms with Crippen molar-refractivity contribution < 1.29 is 19.5 Å². The van der Waals surface area contributed by atoms with Gasteiger partial charge in [-0.3, -0.25) is 19.1 Å². The minimum atomic E-state index is -1.25. The summed E-state index contributed by atoms with van der Waals surface area (Å²) in [6, 6.07) is 1.69. The molecular formula is C17H22N4O4. The summed E-state index contributed by atoms with van der Waals surface area (Å²) in [6.45, 7) is 8.41. The Morgan fingerprint density at radius 2 is 2.20 bits per heavy atom. The number of aromatic nitrogens is 2. The minimum absolute atomic E-state index is 0.0269. The number of carboxylic acids is 1. The Labute approximate surface area is 145 Å². The average molecular weight is 346 g/mol. The van der Waals surface area contributed by atoms with Gasteiger partial charge in [-0.15, -0.1) is 6.58 Å². The molecule has 0 bridgehead atoms. The number of fused-ring (bicyclic) bond motifs is 1. The maximum Gasteiger partial charge on any atom is 0.314 e. The molecule has 1 N–H and O–H groups in total. The lowest BCUT2D eigenvalue weighted by molar-refractivity contribution is -0.149. The number of hydrogen-bond donors (Lipinski definition) is 1. The number of carbonyl (C=O) groups excluding carboxylic acids is 2. The number of carbonyl (C=O) groups is 3. The lowest BCUT2D eigenvalue weighted by atomic mass is 9.81. The van der Waals surface area contributed by atoms with Gasteiger partial charge in [-0.05, 0) is 19.9 Å². The molecule has 3 heterocycles. The van der Waals surface area contributed by atoms with Crippen LogP contribution in [0.15, 0.2) is 18.7 Å². The van der Waals surface area contributed by atoms with Crippen LogP contribution in [0.5, 0.6) is 0 Å². The molecule has 0 aromatic carbocycles. The second kappa shape index (κ2) is 6.02. The fourth-order valence-corrected chi connectivity index (χ4v) is 3.89. The van der Waals surface area contributed by atoms with Gasteiger partial charge in [0, 0.05) is 32.7 Å². The normalized spacial score (nSPS) is 25.4. The highest BCUT2D eigenvalue weighted by molar-refractivity contribution is 5.97. The zero-order chi connectivity index (χ0) is 18.4. The number of aryl methyl sites for hydroxylation is 2. The highest BCUT2D eigenvalue weighted by Crippen LogP contribution is 2.44. The number of carboxylic acid groups (broad SMARTS) is 1. The smallest absolute Gasteiger partial charge is 0.314 e. The molecule has 1 aromatic heterocycles. The largest absolute Gasteiger partial charge is 0.481 e. The number of aliphatic carboxylic acids is 1. The molecule has 3 rings (SSSR count). The molecule has 2 fully saturated rings. The van der Waals surface area contributed by atoms with E-state index in [1.165, 1.54) is 9.80 Å². The Kier molecular flexibility index (Phi) is 4.14. The SMILES string of the molecule is C=CCN1C[C@@]2(C(=O)O)CN(C(=O)c3cc(C)nn3CC)C[C@H]2C1=O. The monoisotopic (exact) mass is 346 g/mol. The molecule has 0 unspecified atom stereocenters. The van der Waals surface area contributed by atoms with Crippen LogP contribution in [0.4, 0.5) is 0 Å². The number of hydrogen-bond acceptors (Lipinski definition) is 4. The first-order valence-electron chi connectivity index (χ1n) is 8.31. The second-order valence-electron chi connectivity index (χ2n) is 6.69. The van der Waals surface area contributed by atoms with Crippen LogP contribution in [0.25, 0.3) is 0 Å².